The van der Waals surface area contributed by atoms with E-state index in [1.807, 2.05) is 6.07 Å². The predicted molar refractivity (Wildman–Crippen MR) is 116 cm³/mol. The Morgan fingerprint density at radius 2 is 1.97 bits per heavy atom. The van der Waals surface area contributed by atoms with E-state index in [0.717, 1.165) is 5.69 Å². The molecule has 0 radical (unpaired) electrons. The SMILES string of the molecule is CC(C)NS(=O)(=O)c1ccc(Cl)c(C(=O)Nc2cccc(-n3cc[nH]c3=S)c2)c1. The van der Waals surface area contributed by atoms with Crippen LogP contribution in [0.1, 0.15) is 24.2 Å². The first-order valence-electron chi connectivity index (χ1n) is 8.67. The van der Waals surface area contributed by atoms with Crippen molar-refractivity contribution < 1.29 is 13.2 Å². The molecule has 0 unspecified atom stereocenters. The van der Waals surface area contributed by atoms with Crippen molar-refractivity contribution >= 4 is 45.4 Å². The lowest BCUT2D eigenvalue weighted by Gasteiger charge is -2.12. The number of hydrogen-bond acceptors (Lipinski definition) is 4. The first kappa shape index (κ1) is 21.3. The van der Waals surface area contributed by atoms with E-state index in [-0.39, 0.29) is 21.5 Å². The highest BCUT2D eigenvalue weighted by Crippen LogP contribution is 2.23. The highest BCUT2D eigenvalue weighted by Gasteiger charge is 2.19. The molecule has 152 valence electrons. The third-order valence-electron chi connectivity index (χ3n) is 3.92. The Hall–Kier alpha value is -2.46. The number of sulfonamides is 1. The minimum Gasteiger partial charge on any atom is -0.337 e. The van der Waals surface area contributed by atoms with Gasteiger partial charge in [-0.2, -0.15) is 0 Å². The largest absolute Gasteiger partial charge is 0.337 e. The number of carbonyl (C=O) groups excluding carboxylic acids is 1. The average Bonchev–Trinajstić information content (AvgIpc) is 3.07. The Balaban J connectivity index is 1.89. The Labute approximate surface area is 178 Å². The fourth-order valence-corrected chi connectivity index (χ4v) is 4.39. The lowest BCUT2D eigenvalue weighted by atomic mass is 10.2. The molecular formula is C19H19ClN4O3S2. The summed E-state index contributed by atoms with van der Waals surface area (Å²) in [4.78, 5) is 15.6. The number of hydrogen-bond donors (Lipinski definition) is 3. The van der Waals surface area contributed by atoms with E-state index >= 15 is 0 Å². The first-order valence-corrected chi connectivity index (χ1v) is 10.9. The van der Waals surface area contributed by atoms with Crippen molar-refractivity contribution in [1.29, 1.82) is 0 Å². The maximum Gasteiger partial charge on any atom is 0.257 e. The molecule has 0 aliphatic rings. The van der Waals surface area contributed by atoms with Crippen LogP contribution in [-0.4, -0.2) is 29.9 Å². The van der Waals surface area contributed by atoms with Gasteiger partial charge in [-0.25, -0.2) is 13.1 Å². The van der Waals surface area contributed by atoms with E-state index in [4.69, 9.17) is 23.8 Å². The second kappa shape index (κ2) is 8.50. The van der Waals surface area contributed by atoms with Crippen molar-refractivity contribution in [3.63, 3.8) is 0 Å². The number of rotatable bonds is 6. The molecule has 0 fully saturated rings. The molecule has 1 heterocycles. The smallest absolute Gasteiger partial charge is 0.257 e. The van der Waals surface area contributed by atoms with Crippen LogP contribution in [0.4, 0.5) is 5.69 Å². The van der Waals surface area contributed by atoms with Crippen LogP contribution in [0.15, 0.2) is 59.8 Å². The molecule has 29 heavy (non-hydrogen) atoms. The molecule has 2 aromatic carbocycles. The van der Waals surface area contributed by atoms with Gasteiger partial charge in [0.05, 0.1) is 15.5 Å². The van der Waals surface area contributed by atoms with Gasteiger partial charge in [-0.05, 0) is 62.5 Å². The summed E-state index contributed by atoms with van der Waals surface area (Å²) in [6.45, 7) is 3.43. The van der Waals surface area contributed by atoms with Crippen LogP contribution < -0.4 is 10.0 Å². The maximum absolute atomic E-state index is 12.8. The summed E-state index contributed by atoms with van der Waals surface area (Å²) < 4.78 is 29.5. The second-order valence-electron chi connectivity index (χ2n) is 6.56. The summed E-state index contributed by atoms with van der Waals surface area (Å²) in [5.41, 5.74) is 1.33. The molecule has 0 aliphatic heterocycles. The van der Waals surface area contributed by atoms with Crippen LogP contribution in [0.25, 0.3) is 5.69 Å². The van der Waals surface area contributed by atoms with Crippen molar-refractivity contribution in [3.05, 3.63) is 70.2 Å². The van der Waals surface area contributed by atoms with E-state index in [2.05, 4.69) is 15.0 Å². The predicted octanol–water partition coefficient (Wildman–Crippen LogP) is 4.13. The molecule has 0 spiro atoms. The Kier molecular flexibility index (Phi) is 6.23. The van der Waals surface area contributed by atoms with Gasteiger partial charge in [0.1, 0.15) is 0 Å². The number of benzene rings is 2. The summed E-state index contributed by atoms with van der Waals surface area (Å²) >= 11 is 11.4. The van der Waals surface area contributed by atoms with Gasteiger partial charge in [-0.15, -0.1) is 0 Å². The quantitative estimate of drug-likeness (QED) is 0.492. The van der Waals surface area contributed by atoms with Gasteiger partial charge in [0.15, 0.2) is 4.77 Å². The topological polar surface area (TPSA) is 96.0 Å². The summed E-state index contributed by atoms with van der Waals surface area (Å²) in [6, 6.07) is 10.8. The van der Waals surface area contributed by atoms with Crippen molar-refractivity contribution in [2.75, 3.05) is 5.32 Å². The van der Waals surface area contributed by atoms with Crippen LogP contribution in [0.3, 0.4) is 0 Å². The van der Waals surface area contributed by atoms with Gasteiger partial charge >= 0.3 is 0 Å². The average molecular weight is 451 g/mol. The molecule has 0 aliphatic carbocycles. The molecular weight excluding hydrogens is 432 g/mol. The second-order valence-corrected chi connectivity index (χ2v) is 9.07. The number of halogens is 1. The Morgan fingerprint density at radius 1 is 1.21 bits per heavy atom. The molecule has 1 aromatic heterocycles. The number of H-pyrrole nitrogens is 1. The minimum absolute atomic E-state index is 0.0341. The zero-order valence-electron chi connectivity index (χ0n) is 15.6. The number of imidazole rings is 1. The van der Waals surface area contributed by atoms with E-state index in [9.17, 15) is 13.2 Å². The van der Waals surface area contributed by atoms with E-state index in [0.29, 0.717) is 10.5 Å². The number of amides is 1. The monoisotopic (exact) mass is 450 g/mol. The molecule has 3 rings (SSSR count). The Bertz CT molecular complexity index is 1220. The number of carbonyl (C=O) groups is 1. The van der Waals surface area contributed by atoms with Gasteiger partial charge in [-0.3, -0.25) is 9.36 Å². The van der Waals surface area contributed by atoms with Gasteiger partial charge in [0.2, 0.25) is 10.0 Å². The molecule has 10 heteroatoms. The van der Waals surface area contributed by atoms with E-state index in [1.54, 1.807) is 49.0 Å². The van der Waals surface area contributed by atoms with Crippen LogP contribution in [-0.2, 0) is 10.0 Å². The van der Waals surface area contributed by atoms with Gasteiger partial charge in [0, 0.05) is 29.8 Å². The number of nitrogens with zero attached hydrogens (tertiary/aromatic N) is 1. The van der Waals surface area contributed by atoms with Gasteiger partial charge < -0.3 is 10.3 Å². The van der Waals surface area contributed by atoms with Crippen molar-refractivity contribution in [2.45, 2.75) is 24.8 Å². The summed E-state index contributed by atoms with van der Waals surface area (Å²) in [5.74, 6) is -0.522. The molecule has 0 bridgehead atoms. The molecule has 1 amide bonds. The van der Waals surface area contributed by atoms with E-state index < -0.39 is 15.9 Å². The normalized spacial score (nSPS) is 11.6. The Morgan fingerprint density at radius 3 is 2.62 bits per heavy atom. The summed E-state index contributed by atoms with van der Waals surface area (Å²) in [5, 5.41) is 2.89. The first-order chi connectivity index (χ1) is 13.7. The number of nitrogens with one attached hydrogen (secondary N) is 3. The van der Waals surface area contributed by atoms with Crippen LogP contribution in [0, 0.1) is 4.77 Å². The zero-order chi connectivity index (χ0) is 21.2. The number of aromatic amines is 1. The number of aromatic nitrogens is 2. The van der Waals surface area contributed by atoms with Gasteiger partial charge in [0.25, 0.3) is 5.91 Å². The standard InChI is InChI=1S/C19H19ClN4O3S2/c1-12(2)23-29(26,27)15-6-7-17(20)16(11-15)18(25)22-13-4-3-5-14(10-13)24-9-8-21-19(24)28/h3-12,23H,1-2H3,(H,21,28)(H,22,25). The minimum atomic E-state index is -3.75. The molecule has 3 N–H and O–H groups in total. The van der Waals surface area contributed by atoms with Crippen molar-refractivity contribution in [1.82, 2.24) is 14.3 Å². The van der Waals surface area contributed by atoms with E-state index in [1.165, 1.54) is 18.2 Å². The molecule has 7 nitrogen and oxygen atoms in total. The van der Waals surface area contributed by atoms with Crippen molar-refractivity contribution in [3.8, 4) is 5.69 Å². The molecule has 0 saturated heterocycles. The van der Waals surface area contributed by atoms with Crippen LogP contribution in [0.2, 0.25) is 5.02 Å². The lowest BCUT2D eigenvalue weighted by molar-refractivity contribution is 0.102. The molecule has 0 atom stereocenters. The van der Waals surface area contributed by atoms with Crippen LogP contribution in [0.5, 0.6) is 0 Å². The fraction of sp³-hybridized carbons (Fsp3) is 0.158. The summed E-state index contributed by atoms with van der Waals surface area (Å²) in [6.07, 6.45) is 3.49. The zero-order valence-corrected chi connectivity index (χ0v) is 18.0. The van der Waals surface area contributed by atoms with Crippen LogP contribution >= 0.6 is 23.8 Å². The third kappa shape index (κ3) is 4.94. The molecule has 3 aromatic rings. The summed E-state index contributed by atoms with van der Waals surface area (Å²) in [7, 11) is -3.75. The van der Waals surface area contributed by atoms with Crippen molar-refractivity contribution in [2.24, 2.45) is 0 Å². The highest BCUT2D eigenvalue weighted by atomic mass is 35.5. The molecule has 0 saturated carbocycles. The highest BCUT2D eigenvalue weighted by molar-refractivity contribution is 7.89. The fourth-order valence-electron chi connectivity index (χ4n) is 2.68. The van der Waals surface area contributed by atoms with Gasteiger partial charge in [-0.1, -0.05) is 17.7 Å². The number of anilines is 1. The third-order valence-corrected chi connectivity index (χ3v) is 6.22. The lowest BCUT2D eigenvalue weighted by Crippen LogP contribution is -2.30. The maximum atomic E-state index is 12.8.